The van der Waals surface area contributed by atoms with Crippen LogP contribution in [0.25, 0.3) is 0 Å². The Morgan fingerprint density at radius 3 is 2.60 bits per heavy atom. The summed E-state index contributed by atoms with van der Waals surface area (Å²) >= 11 is 0. The number of sulfonamides is 1. The number of ether oxygens (including phenoxy) is 1. The van der Waals surface area contributed by atoms with Crippen LogP contribution in [0.2, 0.25) is 0 Å². The lowest BCUT2D eigenvalue weighted by atomic mass is 9.98. The Kier molecular flexibility index (Phi) is 6.26. The van der Waals surface area contributed by atoms with Crippen LogP contribution in [-0.4, -0.2) is 57.4 Å². The molecule has 2 rings (SSSR count). The SMILES string of the molecule is CCCN(CC1CCNCC1)S(=O)(=O)CC1CCCO1. The fourth-order valence-corrected chi connectivity index (χ4v) is 4.90. The van der Waals surface area contributed by atoms with Crippen LogP contribution < -0.4 is 5.32 Å². The first-order chi connectivity index (χ1) is 9.62. The third kappa shape index (κ3) is 4.69. The standard InChI is InChI=1S/C14H28N2O3S/c1-2-9-16(11-13-5-7-15-8-6-13)20(17,18)12-14-4-3-10-19-14/h13-15H,2-12H2,1H3. The van der Waals surface area contributed by atoms with Gasteiger partial charge in [-0.05, 0) is 51.1 Å². The summed E-state index contributed by atoms with van der Waals surface area (Å²) in [6, 6.07) is 0. The van der Waals surface area contributed by atoms with Gasteiger partial charge in [0.05, 0.1) is 11.9 Å². The Morgan fingerprint density at radius 2 is 2.00 bits per heavy atom. The zero-order valence-electron chi connectivity index (χ0n) is 12.5. The summed E-state index contributed by atoms with van der Waals surface area (Å²) in [6.45, 7) is 6.09. The quantitative estimate of drug-likeness (QED) is 0.768. The van der Waals surface area contributed by atoms with E-state index in [2.05, 4.69) is 5.32 Å². The predicted octanol–water partition coefficient (Wildman–Crippen LogP) is 1.21. The van der Waals surface area contributed by atoms with Gasteiger partial charge in [-0.1, -0.05) is 6.92 Å². The highest BCUT2D eigenvalue weighted by Crippen LogP contribution is 2.20. The second-order valence-electron chi connectivity index (χ2n) is 5.96. The highest BCUT2D eigenvalue weighted by atomic mass is 32.2. The second kappa shape index (κ2) is 7.73. The fraction of sp³-hybridized carbons (Fsp3) is 1.00. The topological polar surface area (TPSA) is 58.6 Å². The van der Waals surface area contributed by atoms with Gasteiger partial charge in [0.2, 0.25) is 10.0 Å². The van der Waals surface area contributed by atoms with Gasteiger partial charge >= 0.3 is 0 Å². The number of hydrogen-bond donors (Lipinski definition) is 1. The van der Waals surface area contributed by atoms with Gasteiger partial charge in [-0.2, -0.15) is 0 Å². The van der Waals surface area contributed by atoms with E-state index in [1.807, 2.05) is 6.92 Å². The molecular weight excluding hydrogens is 276 g/mol. The lowest BCUT2D eigenvalue weighted by molar-refractivity contribution is 0.126. The van der Waals surface area contributed by atoms with Crippen LogP contribution in [0.15, 0.2) is 0 Å². The van der Waals surface area contributed by atoms with Crippen LogP contribution in [-0.2, 0) is 14.8 Å². The Bertz CT molecular complexity index is 374. The average Bonchev–Trinajstić information content (AvgIpc) is 2.91. The van der Waals surface area contributed by atoms with Crippen molar-refractivity contribution in [1.29, 1.82) is 0 Å². The minimum Gasteiger partial charge on any atom is -0.377 e. The molecule has 2 aliphatic heterocycles. The van der Waals surface area contributed by atoms with E-state index >= 15 is 0 Å². The van der Waals surface area contributed by atoms with E-state index in [9.17, 15) is 8.42 Å². The van der Waals surface area contributed by atoms with Crippen molar-refractivity contribution < 1.29 is 13.2 Å². The van der Waals surface area contributed by atoms with Gasteiger partial charge in [-0.15, -0.1) is 0 Å². The Hall–Kier alpha value is -0.170. The van der Waals surface area contributed by atoms with E-state index in [4.69, 9.17) is 4.74 Å². The van der Waals surface area contributed by atoms with Crippen molar-refractivity contribution in [3.8, 4) is 0 Å². The molecule has 2 aliphatic rings. The molecule has 1 atom stereocenters. The zero-order valence-corrected chi connectivity index (χ0v) is 13.3. The molecule has 2 fully saturated rings. The van der Waals surface area contributed by atoms with Crippen LogP contribution >= 0.6 is 0 Å². The van der Waals surface area contributed by atoms with Crippen molar-refractivity contribution in [3.05, 3.63) is 0 Å². The second-order valence-corrected chi connectivity index (χ2v) is 7.98. The summed E-state index contributed by atoms with van der Waals surface area (Å²) in [5, 5.41) is 3.33. The largest absolute Gasteiger partial charge is 0.377 e. The summed E-state index contributed by atoms with van der Waals surface area (Å²) in [7, 11) is -3.18. The molecule has 2 saturated heterocycles. The molecule has 0 amide bonds. The molecule has 0 aliphatic carbocycles. The molecule has 0 spiro atoms. The molecule has 6 heteroatoms. The van der Waals surface area contributed by atoms with E-state index in [1.54, 1.807) is 4.31 Å². The number of piperidine rings is 1. The van der Waals surface area contributed by atoms with E-state index in [-0.39, 0.29) is 11.9 Å². The third-order valence-corrected chi connectivity index (χ3v) is 6.12. The van der Waals surface area contributed by atoms with Crippen molar-refractivity contribution in [1.82, 2.24) is 9.62 Å². The van der Waals surface area contributed by atoms with Crippen molar-refractivity contribution in [3.63, 3.8) is 0 Å². The molecular formula is C14H28N2O3S. The van der Waals surface area contributed by atoms with Crippen LogP contribution in [0.3, 0.4) is 0 Å². The van der Waals surface area contributed by atoms with Crippen LogP contribution in [0, 0.1) is 5.92 Å². The highest BCUT2D eigenvalue weighted by Gasteiger charge is 2.30. The number of rotatable bonds is 7. The van der Waals surface area contributed by atoms with Crippen LogP contribution in [0.5, 0.6) is 0 Å². The third-order valence-electron chi connectivity index (χ3n) is 4.21. The van der Waals surface area contributed by atoms with Gasteiger partial charge < -0.3 is 10.1 Å². The molecule has 0 bridgehead atoms. The van der Waals surface area contributed by atoms with E-state index in [1.165, 1.54) is 0 Å². The normalized spacial score (nSPS) is 25.4. The molecule has 0 aromatic rings. The number of nitrogens with zero attached hydrogens (tertiary/aromatic N) is 1. The van der Waals surface area contributed by atoms with E-state index < -0.39 is 10.0 Å². The summed E-state index contributed by atoms with van der Waals surface area (Å²) in [5.74, 6) is 0.667. The zero-order chi connectivity index (χ0) is 14.4. The summed E-state index contributed by atoms with van der Waals surface area (Å²) < 4.78 is 32.4. The number of hydrogen-bond acceptors (Lipinski definition) is 4. The van der Waals surface area contributed by atoms with E-state index in [0.29, 0.717) is 25.6 Å². The van der Waals surface area contributed by atoms with Gasteiger partial charge in [-0.3, -0.25) is 0 Å². The fourth-order valence-electron chi connectivity index (χ4n) is 3.06. The monoisotopic (exact) mass is 304 g/mol. The van der Waals surface area contributed by atoms with Crippen molar-refractivity contribution in [2.45, 2.75) is 45.1 Å². The minimum absolute atomic E-state index is 0.0904. The van der Waals surface area contributed by atoms with Gasteiger partial charge in [0.15, 0.2) is 0 Å². The molecule has 5 nitrogen and oxygen atoms in total. The molecule has 2 heterocycles. The van der Waals surface area contributed by atoms with Crippen molar-refractivity contribution in [2.24, 2.45) is 5.92 Å². The first-order valence-corrected chi connectivity index (χ1v) is 9.53. The molecule has 0 aromatic heterocycles. The molecule has 118 valence electrons. The molecule has 20 heavy (non-hydrogen) atoms. The van der Waals surface area contributed by atoms with Gasteiger partial charge in [0.1, 0.15) is 0 Å². The first kappa shape index (κ1) is 16.2. The Morgan fingerprint density at radius 1 is 1.25 bits per heavy atom. The van der Waals surface area contributed by atoms with Crippen molar-refractivity contribution in [2.75, 3.05) is 38.5 Å². The maximum absolute atomic E-state index is 12.6. The molecule has 0 aromatic carbocycles. The maximum Gasteiger partial charge on any atom is 0.216 e. The van der Waals surface area contributed by atoms with E-state index in [0.717, 1.165) is 45.2 Å². The first-order valence-electron chi connectivity index (χ1n) is 7.92. The molecule has 1 N–H and O–H groups in total. The summed E-state index contributed by atoms with van der Waals surface area (Å²) in [5.41, 5.74) is 0. The molecule has 0 saturated carbocycles. The van der Waals surface area contributed by atoms with Gasteiger partial charge in [0, 0.05) is 19.7 Å². The lowest BCUT2D eigenvalue weighted by Crippen LogP contribution is -2.42. The summed E-state index contributed by atoms with van der Waals surface area (Å²) in [6.07, 6.45) is 4.81. The summed E-state index contributed by atoms with van der Waals surface area (Å²) in [4.78, 5) is 0. The minimum atomic E-state index is -3.18. The van der Waals surface area contributed by atoms with Crippen molar-refractivity contribution >= 4 is 10.0 Å². The highest BCUT2D eigenvalue weighted by molar-refractivity contribution is 7.89. The Labute approximate surface area is 123 Å². The van der Waals surface area contributed by atoms with Crippen LogP contribution in [0.1, 0.15) is 39.0 Å². The smallest absolute Gasteiger partial charge is 0.216 e. The Balaban J connectivity index is 1.93. The number of nitrogens with one attached hydrogen (secondary N) is 1. The maximum atomic E-state index is 12.6. The lowest BCUT2D eigenvalue weighted by Gasteiger charge is -2.30. The molecule has 1 unspecified atom stereocenters. The molecule has 0 radical (unpaired) electrons. The van der Waals surface area contributed by atoms with Gasteiger partial charge in [0.25, 0.3) is 0 Å². The van der Waals surface area contributed by atoms with Crippen LogP contribution in [0.4, 0.5) is 0 Å². The average molecular weight is 304 g/mol. The predicted molar refractivity (Wildman–Crippen MR) is 80.2 cm³/mol. The van der Waals surface area contributed by atoms with Gasteiger partial charge in [-0.25, -0.2) is 12.7 Å².